The molecule has 0 radical (unpaired) electrons. The van der Waals surface area contributed by atoms with Gasteiger partial charge in [0.15, 0.2) is 0 Å². The molecule has 0 aliphatic rings. The van der Waals surface area contributed by atoms with Crippen molar-refractivity contribution in [2.45, 2.75) is 12.5 Å². The van der Waals surface area contributed by atoms with Crippen LogP contribution >= 0.6 is 11.8 Å². The third-order valence-corrected chi connectivity index (χ3v) is 3.51. The molecular formula is C14H19NO5S. The zero-order chi connectivity index (χ0) is 15.8. The molecular weight excluding hydrogens is 294 g/mol. The van der Waals surface area contributed by atoms with Gasteiger partial charge in [0.1, 0.15) is 17.5 Å². The summed E-state index contributed by atoms with van der Waals surface area (Å²) >= 11 is 1.52. The summed E-state index contributed by atoms with van der Waals surface area (Å²) in [6.45, 7) is 0. The number of benzene rings is 1. The largest absolute Gasteiger partial charge is 0.497 e. The Morgan fingerprint density at radius 2 is 2.05 bits per heavy atom. The summed E-state index contributed by atoms with van der Waals surface area (Å²) in [4.78, 5) is 23.4. The number of ether oxygens (including phenoxy) is 2. The van der Waals surface area contributed by atoms with E-state index in [2.05, 4.69) is 5.32 Å². The van der Waals surface area contributed by atoms with E-state index in [9.17, 15) is 9.59 Å². The number of thioether (sulfide) groups is 1. The van der Waals surface area contributed by atoms with Crippen molar-refractivity contribution >= 4 is 23.6 Å². The van der Waals surface area contributed by atoms with Crippen molar-refractivity contribution in [1.29, 1.82) is 0 Å². The maximum atomic E-state index is 12.3. The Kier molecular flexibility index (Phi) is 6.87. The van der Waals surface area contributed by atoms with Crippen LogP contribution in [0.4, 0.5) is 0 Å². The molecule has 0 bridgehead atoms. The molecule has 0 saturated carbocycles. The van der Waals surface area contributed by atoms with Crippen molar-refractivity contribution in [3.05, 3.63) is 23.8 Å². The highest BCUT2D eigenvalue weighted by atomic mass is 32.2. The highest BCUT2D eigenvalue weighted by Gasteiger charge is 2.22. The lowest BCUT2D eigenvalue weighted by molar-refractivity contribution is -0.139. The average molecular weight is 313 g/mol. The van der Waals surface area contributed by atoms with Crippen molar-refractivity contribution in [3.63, 3.8) is 0 Å². The van der Waals surface area contributed by atoms with Gasteiger partial charge in [0.05, 0.1) is 19.8 Å². The van der Waals surface area contributed by atoms with Crippen LogP contribution in [-0.2, 0) is 4.79 Å². The Labute approximate surface area is 127 Å². The van der Waals surface area contributed by atoms with Gasteiger partial charge in [0.25, 0.3) is 5.91 Å². The first-order chi connectivity index (χ1) is 10.0. The van der Waals surface area contributed by atoms with E-state index in [-0.39, 0.29) is 5.56 Å². The Hall–Kier alpha value is -1.89. The molecule has 1 aromatic carbocycles. The van der Waals surface area contributed by atoms with E-state index in [0.717, 1.165) is 0 Å². The number of carboxylic acids is 1. The van der Waals surface area contributed by atoms with E-state index in [0.29, 0.717) is 23.7 Å². The smallest absolute Gasteiger partial charge is 0.326 e. The van der Waals surface area contributed by atoms with Crippen LogP contribution < -0.4 is 14.8 Å². The second-order valence-electron chi connectivity index (χ2n) is 4.21. The van der Waals surface area contributed by atoms with Gasteiger partial charge >= 0.3 is 5.97 Å². The number of aliphatic carboxylic acids is 1. The Balaban J connectivity index is 2.93. The van der Waals surface area contributed by atoms with Crippen molar-refractivity contribution in [1.82, 2.24) is 5.32 Å². The lowest BCUT2D eigenvalue weighted by Crippen LogP contribution is -2.41. The fourth-order valence-electron chi connectivity index (χ4n) is 1.72. The van der Waals surface area contributed by atoms with Crippen LogP contribution in [-0.4, -0.2) is 49.3 Å². The first kappa shape index (κ1) is 17.2. The van der Waals surface area contributed by atoms with Crippen LogP contribution in [0.3, 0.4) is 0 Å². The Morgan fingerprint density at radius 1 is 1.33 bits per heavy atom. The third-order valence-electron chi connectivity index (χ3n) is 2.87. The summed E-state index contributed by atoms with van der Waals surface area (Å²) in [7, 11) is 2.93. The fraction of sp³-hybridized carbons (Fsp3) is 0.429. The maximum absolute atomic E-state index is 12.3. The summed E-state index contributed by atoms with van der Waals surface area (Å²) in [5, 5.41) is 11.6. The minimum absolute atomic E-state index is 0.243. The minimum atomic E-state index is -1.06. The molecule has 0 fully saturated rings. The number of hydrogen-bond donors (Lipinski definition) is 2. The van der Waals surface area contributed by atoms with Gasteiger partial charge in [-0.3, -0.25) is 4.79 Å². The molecule has 1 atom stereocenters. The van der Waals surface area contributed by atoms with Crippen molar-refractivity contribution < 1.29 is 24.2 Å². The van der Waals surface area contributed by atoms with Gasteiger partial charge in [-0.05, 0) is 36.6 Å². The molecule has 0 saturated heterocycles. The SMILES string of the molecule is COc1ccc(OC)c(C(=O)N[C@H](CCSC)C(=O)O)c1. The molecule has 1 aromatic rings. The second-order valence-corrected chi connectivity index (χ2v) is 5.20. The predicted octanol–water partition coefficient (Wildman–Crippen LogP) is 1.64. The van der Waals surface area contributed by atoms with Crippen LogP contribution in [0.5, 0.6) is 11.5 Å². The molecule has 0 aromatic heterocycles. The summed E-state index contributed by atoms with van der Waals surface area (Å²) < 4.78 is 10.2. The van der Waals surface area contributed by atoms with E-state index in [4.69, 9.17) is 14.6 Å². The molecule has 0 spiro atoms. The fourth-order valence-corrected chi connectivity index (χ4v) is 2.19. The van der Waals surface area contributed by atoms with E-state index in [1.54, 1.807) is 12.1 Å². The molecule has 2 N–H and O–H groups in total. The molecule has 0 aliphatic heterocycles. The van der Waals surface area contributed by atoms with Crippen molar-refractivity contribution in [3.8, 4) is 11.5 Å². The normalized spacial score (nSPS) is 11.6. The van der Waals surface area contributed by atoms with Gasteiger partial charge in [-0.25, -0.2) is 4.79 Å². The standard InChI is InChI=1S/C14H19NO5S/c1-19-9-4-5-12(20-2)10(8-9)13(16)15-11(14(17)18)6-7-21-3/h4-5,8,11H,6-7H2,1-3H3,(H,15,16)(H,17,18)/t11-/m1/s1. The molecule has 21 heavy (non-hydrogen) atoms. The first-order valence-electron chi connectivity index (χ1n) is 6.28. The van der Waals surface area contributed by atoms with Crippen molar-refractivity contribution in [2.24, 2.45) is 0 Å². The second kappa shape index (κ2) is 8.41. The average Bonchev–Trinajstić information content (AvgIpc) is 2.50. The number of rotatable bonds is 8. The number of nitrogens with one attached hydrogen (secondary N) is 1. The molecule has 7 heteroatoms. The summed E-state index contributed by atoms with van der Waals surface area (Å²) in [6, 6.07) is 3.85. The number of carboxylic acid groups (broad SMARTS) is 1. The molecule has 1 amide bonds. The van der Waals surface area contributed by atoms with Crippen LogP contribution in [0.1, 0.15) is 16.8 Å². The number of hydrogen-bond acceptors (Lipinski definition) is 5. The number of carbonyl (C=O) groups is 2. The Bertz CT molecular complexity index is 506. The zero-order valence-corrected chi connectivity index (χ0v) is 13.0. The topological polar surface area (TPSA) is 84.9 Å². The number of methoxy groups -OCH3 is 2. The van der Waals surface area contributed by atoms with E-state index in [1.807, 2.05) is 6.26 Å². The quantitative estimate of drug-likeness (QED) is 0.759. The molecule has 0 aliphatic carbocycles. The van der Waals surface area contributed by atoms with Crippen LogP contribution in [0.15, 0.2) is 18.2 Å². The molecule has 1 rings (SSSR count). The lowest BCUT2D eigenvalue weighted by Gasteiger charge is -2.16. The van der Waals surface area contributed by atoms with Crippen LogP contribution in [0.25, 0.3) is 0 Å². The molecule has 116 valence electrons. The number of carbonyl (C=O) groups excluding carboxylic acids is 1. The zero-order valence-electron chi connectivity index (χ0n) is 12.2. The predicted molar refractivity (Wildman–Crippen MR) is 81.4 cm³/mol. The van der Waals surface area contributed by atoms with Gasteiger partial charge < -0.3 is 19.9 Å². The summed E-state index contributed by atoms with van der Waals surface area (Å²) in [6.07, 6.45) is 2.24. The van der Waals surface area contributed by atoms with Crippen LogP contribution in [0, 0.1) is 0 Å². The Morgan fingerprint density at radius 3 is 2.57 bits per heavy atom. The summed E-state index contributed by atoms with van der Waals surface area (Å²) in [5.74, 6) is -0.0512. The third kappa shape index (κ3) is 4.86. The first-order valence-corrected chi connectivity index (χ1v) is 7.67. The van der Waals surface area contributed by atoms with E-state index in [1.165, 1.54) is 32.0 Å². The van der Waals surface area contributed by atoms with Crippen LogP contribution in [0.2, 0.25) is 0 Å². The van der Waals surface area contributed by atoms with Gasteiger partial charge in [-0.2, -0.15) is 11.8 Å². The van der Waals surface area contributed by atoms with Gasteiger partial charge in [0, 0.05) is 0 Å². The van der Waals surface area contributed by atoms with E-state index >= 15 is 0 Å². The lowest BCUT2D eigenvalue weighted by atomic mass is 10.1. The monoisotopic (exact) mass is 313 g/mol. The molecule has 0 heterocycles. The van der Waals surface area contributed by atoms with E-state index < -0.39 is 17.9 Å². The highest BCUT2D eigenvalue weighted by Crippen LogP contribution is 2.24. The maximum Gasteiger partial charge on any atom is 0.326 e. The minimum Gasteiger partial charge on any atom is -0.497 e. The highest BCUT2D eigenvalue weighted by molar-refractivity contribution is 7.98. The summed E-state index contributed by atoms with van der Waals surface area (Å²) in [5.41, 5.74) is 0.243. The molecule has 0 unspecified atom stereocenters. The van der Waals surface area contributed by atoms with Gasteiger partial charge in [-0.1, -0.05) is 0 Å². The van der Waals surface area contributed by atoms with Gasteiger partial charge in [0.2, 0.25) is 0 Å². The molecule has 6 nitrogen and oxygen atoms in total. The number of amides is 1. The van der Waals surface area contributed by atoms with Gasteiger partial charge in [-0.15, -0.1) is 0 Å². The van der Waals surface area contributed by atoms with Crippen molar-refractivity contribution in [2.75, 3.05) is 26.2 Å².